The molecule has 0 unspecified atom stereocenters. The van der Waals surface area contributed by atoms with Crippen molar-refractivity contribution in [3.63, 3.8) is 0 Å². The summed E-state index contributed by atoms with van der Waals surface area (Å²) in [6.07, 6.45) is -0.0367. The summed E-state index contributed by atoms with van der Waals surface area (Å²) in [5.74, 6) is 0.524. The van der Waals surface area contributed by atoms with Gasteiger partial charge in [-0.2, -0.15) is 0 Å². The van der Waals surface area contributed by atoms with Crippen molar-refractivity contribution in [1.29, 1.82) is 0 Å². The molecular formula is C17H21NO3S. The molecule has 22 heavy (non-hydrogen) atoms. The third kappa shape index (κ3) is 4.01. The minimum absolute atomic E-state index is 0.0367. The maximum Gasteiger partial charge on any atom is 0.262 e. The first-order valence-electron chi connectivity index (χ1n) is 7.15. The summed E-state index contributed by atoms with van der Waals surface area (Å²) >= 11 is 0. The highest BCUT2D eigenvalue weighted by molar-refractivity contribution is 7.92. The number of benzene rings is 2. The minimum Gasteiger partial charge on any atom is -0.489 e. The van der Waals surface area contributed by atoms with Gasteiger partial charge >= 0.3 is 0 Å². The smallest absolute Gasteiger partial charge is 0.262 e. The van der Waals surface area contributed by atoms with Crippen LogP contribution in [0.2, 0.25) is 0 Å². The number of nitrogens with one attached hydrogen (secondary N) is 1. The van der Waals surface area contributed by atoms with Crippen LogP contribution in [0.5, 0.6) is 5.75 Å². The molecule has 0 atom stereocenters. The molecule has 0 radical (unpaired) electrons. The van der Waals surface area contributed by atoms with E-state index in [4.69, 9.17) is 4.74 Å². The van der Waals surface area contributed by atoms with Gasteiger partial charge in [0.1, 0.15) is 5.75 Å². The molecule has 0 bridgehead atoms. The van der Waals surface area contributed by atoms with Crippen LogP contribution in [0.4, 0.5) is 5.69 Å². The number of ether oxygens (including phenoxy) is 1. The summed E-state index contributed by atoms with van der Waals surface area (Å²) in [6.45, 7) is 7.62. The van der Waals surface area contributed by atoms with Crippen molar-refractivity contribution in [3.05, 3.63) is 53.6 Å². The van der Waals surface area contributed by atoms with Gasteiger partial charge in [-0.3, -0.25) is 4.72 Å². The van der Waals surface area contributed by atoms with Crippen molar-refractivity contribution < 1.29 is 13.2 Å². The fourth-order valence-corrected chi connectivity index (χ4v) is 3.06. The van der Waals surface area contributed by atoms with Gasteiger partial charge in [0, 0.05) is 0 Å². The molecule has 0 heterocycles. The first-order valence-corrected chi connectivity index (χ1v) is 8.63. The van der Waals surface area contributed by atoms with Gasteiger partial charge in [0.2, 0.25) is 0 Å². The van der Waals surface area contributed by atoms with Crippen LogP contribution in [0.15, 0.2) is 47.4 Å². The number of anilines is 1. The van der Waals surface area contributed by atoms with E-state index in [1.807, 2.05) is 33.8 Å². The highest BCUT2D eigenvalue weighted by Gasteiger charge is 2.17. The van der Waals surface area contributed by atoms with Crippen LogP contribution in [0, 0.1) is 13.8 Å². The Morgan fingerprint density at radius 1 is 0.955 bits per heavy atom. The Morgan fingerprint density at radius 3 is 2.14 bits per heavy atom. The summed E-state index contributed by atoms with van der Waals surface area (Å²) in [4.78, 5) is 0.232. The molecule has 2 aromatic rings. The first kappa shape index (κ1) is 16.4. The monoisotopic (exact) mass is 319 g/mol. The van der Waals surface area contributed by atoms with E-state index in [1.165, 1.54) is 0 Å². The lowest BCUT2D eigenvalue weighted by atomic mass is 10.2. The Morgan fingerprint density at radius 2 is 1.55 bits per heavy atom. The first-order chi connectivity index (χ1) is 10.3. The van der Waals surface area contributed by atoms with Gasteiger partial charge in [-0.1, -0.05) is 23.8 Å². The van der Waals surface area contributed by atoms with E-state index in [1.54, 1.807) is 36.4 Å². The van der Waals surface area contributed by atoms with Crippen molar-refractivity contribution in [2.24, 2.45) is 0 Å². The second-order valence-electron chi connectivity index (χ2n) is 5.58. The fourth-order valence-electron chi connectivity index (χ4n) is 2.00. The average molecular weight is 319 g/mol. The lowest BCUT2D eigenvalue weighted by Gasteiger charge is -2.16. The molecule has 2 aromatic carbocycles. The second kappa shape index (κ2) is 6.40. The molecular weight excluding hydrogens is 298 g/mol. The summed E-state index contributed by atoms with van der Waals surface area (Å²) in [6, 6.07) is 12.2. The Kier molecular flexibility index (Phi) is 4.76. The quantitative estimate of drug-likeness (QED) is 0.909. The van der Waals surface area contributed by atoms with E-state index in [2.05, 4.69) is 4.72 Å². The zero-order valence-corrected chi connectivity index (χ0v) is 14.1. The van der Waals surface area contributed by atoms with Crippen molar-refractivity contribution in [1.82, 2.24) is 0 Å². The summed E-state index contributed by atoms with van der Waals surface area (Å²) in [7, 11) is -3.64. The third-order valence-corrected chi connectivity index (χ3v) is 4.45. The molecule has 0 aliphatic rings. The topological polar surface area (TPSA) is 55.4 Å². The van der Waals surface area contributed by atoms with E-state index in [0.29, 0.717) is 11.4 Å². The largest absolute Gasteiger partial charge is 0.489 e. The van der Waals surface area contributed by atoms with Gasteiger partial charge in [0.15, 0.2) is 0 Å². The maximum atomic E-state index is 12.5. The number of hydrogen-bond acceptors (Lipinski definition) is 3. The van der Waals surface area contributed by atoms with Crippen molar-refractivity contribution >= 4 is 15.7 Å². The molecule has 1 N–H and O–H groups in total. The van der Waals surface area contributed by atoms with E-state index in [9.17, 15) is 8.42 Å². The van der Waals surface area contributed by atoms with Crippen molar-refractivity contribution in [3.8, 4) is 5.75 Å². The van der Waals surface area contributed by atoms with Crippen molar-refractivity contribution in [2.45, 2.75) is 38.7 Å². The second-order valence-corrected chi connectivity index (χ2v) is 7.27. The van der Waals surface area contributed by atoms with Crippen molar-refractivity contribution in [2.75, 3.05) is 4.72 Å². The van der Waals surface area contributed by atoms with Gasteiger partial charge in [0.05, 0.1) is 16.7 Å². The molecule has 5 heteroatoms. The Labute approximate surface area is 132 Å². The zero-order valence-electron chi connectivity index (χ0n) is 13.3. The zero-order chi connectivity index (χ0) is 16.3. The van der Waals surface area contributed by atoms with Crippen LogP contribution in [0.3, 0.4) is 0 Å². The van der Waals surface area contributed by atoms with Crippen LogP contribution in [-0.4, -0.2) is 14.5 Å². The number of sulfonamides is 1. The molecule has 0 aliphatic heterocycles. The third-order valence-electron chi connectivity index (χ3n) is 3.07. The predicted octanol–water partition coefficient (Wildman–Crippen LogP) is 3.89. The molecule has 2 rings (SSSR count). The van der Waals surface area contributed by atoms with Gasteiger partial charge < -0.3 is 4.74 Å². The van der Waals surface area contributed by atoms with Crippen LogP contribution >= 0.6 is 0 Å². The highest BCUT2D eigenvalue weighted by Crippen LogP contribution is 2.29. The molecule has 0 saturated heterocycles. The summed E-state index contributed by atoms with van der Waals surface area (Å²) in [5.41, 5.74) is 2.42. The Hall–Kier alpha value is -2.01. The number of hydrogen-bond donors (Lipinski definition) is 1. The molecule has 0 amide bonds. The molecule has 0 aliphatic carbocycles. The van der Waals surface area contributed by atoms with E-state index in [0.717, 1.165) is 11.1 Å². The van der Waals surface area contributed by atoms with Gasteiger partial charge in [-0.05, 0) is 57.5 Å². The van der Waals surface area contributed by atoms with Crippen LogP contribution in [0.1, 0.15) is 25.0 Å². The number of aryl methyl sites for hydroxylation is 2. The van der Waals surface area contributed by atoms with Gasteiger partial charge in [-0.25, -0.2) is 8.42 Å². The Balaban J connectivity index is 2.36. The predicted molar refractivity (Wildman–Crippen MR) is 88.9 cm³/mol. The molecule has 4 nitrogen and oxygen atoms in total. The normalized spacial score (nSPS) is 11.5. The molecule has 0 aromatic heterocycles. The minimum atomic E-state index is -3.64. The van der Waals surface area contributed by atoms with Gasteiger partial charge in [-0.15, -0.1) is 0 Å². The lowest BCUT2D eigenvalue weighted by molar-refractivity contribution is 0.244. The van der Waals surface area contributed by atoms with E-state index >= 15 is 0 Å². The van der Waals surface area contributed by atoms with Crippen LogP contribution in [0.25, 0.3) is 0 Å². The molecule has 118 valence electrons. The van der Waals surface area contributed by atoms with Crippen LogP contribution < -0.4 is 9.46 Å². The summed E-state index contributed by atoms with van der Waals surface area (Å²) in [5, 5.41) is 0. The SMILES string of the molecule is Cc1ccc(S(=O)(=O)Nc2cc(C)ccc2OC(C)C)cc1. The van der Waals surface area contributed by atoms with E-state index < -0.39 is 10.0 Å². The molecule has 0 spiro atoms. The van der Waals surface area contributed by atoms with Crippen LogP contribution in [-0.2, 0) is 10.0 Å². The molecule has 0 fully saturated rings. The molecule has 0 saturated carbocycles. The maximum absolute atomic E-state index is 12.5. The van der Waals surface area contributed by atoms with Gasteiger partial charge in [0.25, 0.3) is 10.0 Å². The Bertz CT molecular complexity index is 750. The standard InChI is InChI=1S/C17H21NO3S/c1-12(2)21-17-10-7-14(4)11-16(17)18-22(19,20)15-8-5-13(3)6-9-15/h5-12,18H,1-4H3. The average Bonchev–Trinajstić information content (AvgIpc) is 2.41. The summed E-state index contributed by atoms with van der Waals surface area (Å²) < 4.78 is 33.3. The lowest BCUT2D eigenvalue weighted by Crippen LogP contribution is -2.15. The fraction of sp³-hybridized carbons (Fsp3) is 0.294. The highest BCUT2D eigenvalue weighted by atomic mass is 32.2. The van der Waals surface area contributed by atoms with E-state index in [-0.39, 0.29) is 11.0 Å². The number of rotatable bonds is 5.